The summed E-state index contributed by atoms with van der Waals surface area (Å²) in [6.07, 6.45) is 0. The van der Waals surface area contributed by atoms with E-state index in [1.807, 2.05) is 0 Å². The summed E-state index contributed by atoms with van der Waals surface area (Å²) in [5.74, 6) is 0. The second-order valence-electron chi connectivity index (χ2n) is 0.0527. The van der Waals surface area contributed by atoms with E-state index in [9.17, 15) is 0 Å². The van der Waals surface area contributed by atoms with Crippen LogP contribution >= 0.6 is 0 Å². The van der Waals surface area contributed by atoms with Gasteiger partial charge in [0.25, 0.3) is 0 Å². The zero-order chi connectivity index (χ0) is 2.71. The normalized spacial score (nSPS) is 5.00. The van der Waals surface area contributed by atoms with Gasteiger partial charge in [-0.15, -0.1) is 0 Å². The Bertz CT molecular complexity index is 27.0. The molecule has 0 heterocycles. The zero-order valence-electron chi connectivity index (χ0n) is 1.84. The SMILES string of the molecule is N.[O]=[Pt]=[O]. The van der Waals surface area contributed by atoms with Crippen LogP contribution in [0, 0.1) is 0 Å². The maximum absolute atomic E-state index is 8.49. The molecule has 0 fully saturated rings. The summed E-state index contributed by atoms with van der Waals surface area (Å²) in [6.45, 7) is 0. The van der Waals surface area contributed by atoms with Crippen molar-refractivity contribution >= 4 is 0 Å². The summed E-state index contributed by atoms with van der Waals surface area (Å²) < 4.78 is 17.0. The molecule has 0 aliphatic carbocycles. The third-order valence-electron chi connectivity index (χ3n) is 0. The Morgan fingerprint density at radius 2 is 1.25 bits per heavy atom. The molecule has 30 valence electrons. The van der Waals surface area contributed by atoms with Crippen LogP contribution in [0.25, 0.3) is 0 Å². The van der Waals surface area contributed by atoms with Crippen molar-refractivity contribution < 1.29 is 25.3 Å². The predicted molar refractivity (Wildman–Crippen MR) is 6.40 cm³/mol. The van der Waals surface area contributed by atoms with E-state index in [0.717, 1.165) is 0 Å². The van der Waals surface area contributed by atoms with Gasteiger partial charge < -0.3 is 6.15 Å². The molecule has 0 aliphatic heterocycles. The van der Waals surface area contributed by atoms with Crippen molar-refractivity contribution in [3.63, 3.8) is 0 Å². The number of hydrogen-bond donors (Lipinski definition) is 1. The van der Waals surface area contributed by atoms with Crippen LogP contribution in [0.2, 0.25) is 0 Å². The van der Waals surface area contributed by atoms with Crippen molar-refractivity contribution in [1.29, 1.82) is 0 Å². The van der Waals surface area contributed by atoms with Gasteiger partial charge in [0.1, 0.15) is 0 Å². The molecule has 0 aromatic rings. The van der Waals surface area contributed by atoms with Gasteiger partial charge in [0, 0.05) is 0 Å². The van der Waals surface area contributed by atoms with Crippen LogP contribution in [0.1, 0.15) is 0 Å². The molecule has 0 spiro atoms. The zero-order valence-corrected chi connectivity index (χ0v) is 4.11. The van der Waals surface area contributed by atoms with E-state index in [-0.39, 0.29) is 6.15 Å². The molecule has 0 bridgehead atoms. The minimum absolute atomic E-state index is 0. The molecule has 0 atom stereocenters. The average molecular weight is 244 g/mol. The first kappa shape index (κ1) is 8.87. The summed E-state index contributed by atoms with van der Waals surface area (Å²) in [5, 5.41) is 0. The van der Waals surface area contributed by atoms with E-state index in [1.54, 1.807) is 0 Å². The monoisotopic (exact) mass is 244 g/mol. The topological polar surface area (TPSA) is 69.1 Å². The molecule has 0 saturated carbocycles. The second kappa shape index (κ2) is 10.5. The van der Waals surface area contributed by atoms with Gasteiger partial charge in [-0.05, 0) is 0 Å². The summed E-state index contributed by atoms with van der Waals surface area (Å²) >= 11 is -1.92. The molecule has 0 radical (unpaired) electrons. The fourth-order valence-corrected chi connectivity index (χ4v) is 0. The van der Waals surface area contributed by atoms with Crippen LogP contribution in [-0.4, -0.2) is 0 Å². The fraction of sp³-hybridized carbons (Fsp3) is 0. The Labute approximate surface area is 32.1 Å². The van der Waals surface area contributed by atoms with Gasteiger partial charge in [-0.2, -0.15) is 0 Å². The van der Waals surface area contributed by atoms with E-state index in [0.29, 0.717) is 0 Å². The first-order chi connectivity index (χ1) is 1.41. The van der Waals surface area contributed by atoms with Crippen LogP contribution in [0.5, 0.6) is 0 Å². The maximum atomic E-state index is 8.49. The van der Waals surface area contributed by atoms with Gasteiger partial charge in [0.05, 0.1) is 0 Å². The summed E-state index contributed by atoms with van der Waals surface area (Å²) in [7, 11) is 0. The molecule has 0 aromatic carbocycles. The Morgan fingerprint density at radius 1 is 1.25 bits per heavy atom. The second-order valence-corrected chi connectivity index (χ2v) is 0.431. The van der Waals surface area contributed by atoms with E-state index in [1.165, 1.54) is 0 Å². The Morgan fingerprint density at radius 3 is 1.25 bits per heavy atom. The standard InChI is InChI=1S/H3N.2O.Pt/h1H3;;;. The Hall–Kier alpha value is 0.248. The molecule has 0 aromatic heterocycles. The van der Waals surface area contributed by atoms with E-state index >= 15 is 0 Å². The van der Waals surface area contributed by atoms with Crippen molar-refractivity contribution in [2.45, 2.75) is 0 Å². The fourth-order valence-electron chi connectivity index (χ4n) is 0. The molecule has 0 unspecified atom stereocenters. The predicted octanol–water partition coefficient (Wildman–Crippen LogP) is -0.0781. The minimum atomic E-state index is -1.92. The summed E-state index contributed by atoms with van der Waals surface area (Å²) in [5.41, 5.74) is 0. The first-order valence-corrected chi connectivity index (χ1v) is 2.11. The van der Waals surface area contributed by atoms with Crippen molar-refractivity contribution in [2.75, 3.05) is 0 Å². The number of hydrogen-bond acceptors (Lipinski definition) is 3. The molecule has 4 heteroatoms. The third kappa shape index (κ3) is 56.8. The summed E-state index contributed by atoms with van der Waals surface area (Å²) in [4.78, 5) is 0. The quantitative estimate of drug-likeness (QED) is 0.648. The van der Waals surface area contributed by atoms with Crippen molar-refractivity contribution in [2.24, 2.45) is 0 Å². The number of rotatable bonds is 0. The molecule has 0 saturated heterocycles. The van der Waals surface area contributed by atoms with Crippen molar-refractivity contribution in [3.8, 4) is 0 Å². The van der Waals surface area contributed by atoms with Crippen LogP contribution < -0.4 is 6.15 Å². The van der Waals surface area contributed by atoms with Gasteiger partial charge in [-0.25, -0.2) is 0 Å². The summed E-state index contributed by atoms with van der Waals surface area (Å²) in [6, 6.07) is 0. The van der Waals surface area contributed by atoms with Crippen LogP contribution in [0.15, 0.2) is 0 Å². The van der Waals surface area contributed by atoms with Gasteiger partial charge in [-0.3, -0.25) is 0 Å². The van der Waals surface area contributed by atoms with Crippen molar-refractivity contribution in [3.05, 3.63) is 0 Å². The van der Waals surface area contributed by atoms with E-state index in [2.05, 4.69) is 0 Å². The van der Waals surface area contributed by atoms with Crippen LogP contribution in [0.4, 0.5) is 0 Å². The van der Waals surface area contributed by atoms with Crippen LogP contribution in [0.3, 0.4) is 0 Å². The Kier molecular flexibility index (Phi) is 23.4. The van der Waals surface area contributed by atoms with E-state index < -0.39 is 18.5 Å². The third-order valence-corrected chi connectivity index (χ3v) is 0. The molecule has 3 nitrogen and oxygen atoms in total. The molecular weight excluding hydrogens is 241 g/mol. The molecule has 4 heavy (non-hydrogen) atoms. The molecule has 0 amide bonds. The average Bonchev–Trinajstić information content (AvgIpc) is 0.918. The van der Waals surface area contributed by atoms with Gasteiger partial charge in [-0.1, -0.05) is 0 Å². The molecule has 0 aliphatic rings. The van der Waals surface area contributed by atoms with Gasteiger partial charge in [0.15, 0.2) is 0 Å². The van der Waals surface area contributed by atoms with E-state index in [4.69, 9.17) is 6.80 Å². The van der Waals surface area contributed by atoms with Gasteiger partial charge in [0.2, 0.25) is 0 Å². The Balaban J connectivity index is 0. The van der Waals surface area contributed by atoms with Crippen LogP contribution in [-0.2, 0) is 25.3 Å². The van der Waals surface area contributed by atoms with Crippen molar-refractivity contribution in [1.82, 2.24) is 6.15 Å². The molecule has 3 N–H and O–H groups in total. The first-order valence-electron chi connectivity index (χ1n) is 0.258. The molecular formula is H3NO2Pt. The van der Waals surface area contributed by atoms with Gasteiger partial charge >= 0.3 is 25.3 Å². The molecule has 0 rings (SSSR count).